The van der Waals surface area contributed by atoms with Gasteiger partial charge in [0.2, 0.25) is 0 Å². The molecular weight excluding hydrogens is 169 g/mol. The Morgan fingerprint density at radius 2 is 1.92 bits per heavy atom. The third-order valence-corrected chi connectivity index (χ3v) is 2.00. The van der Waals surface area contributed by atoms with E-state index in [9.17, 15) is 13.2 Å². The zero-order valence-electron chi connectivity index (χ0n) is 7.28. The van der Waals surface area contributed by atoms with Gasteiger partial charge in [0.1, 0.15) is 0 Å². The number of hydrogen-bond donors (Lipinski definition) is 2. The number of hydrogen-bond acceptors (Lipinski definition) is 2. The lowest BCUT2D eigenvalue weighted by Crippen LogP contribution is -2.42. The molecule has 0 aromatic heterocycles. The van der Waals surface area contributed by atoms with E-state index in [2.05, 4.69) is 5.43 Å². The van der Waals surface area contributed by atoms with Crippen molar-refractivity contribution >= 4 is 0 Å². The predicted molar refractivity (Wildman–Crippen MR) is 41.2 cm³/mol. The van der Waals surface area contributed by atoms with E-state index >= 15 is 0 Å². The van der Waals surface area contributed by atoms with Crippen LogP contribution in [0.1, 0.15) is 26.7 Å². The molecule has 5 heteroatoms. The normalized spacial score (nSPS) is 17.5. The Morgan fingerprint density at radius 3 is 2.17 bits per heavy atom. The summed E-state index contributed by atoms with van der Waals surface area (Å²) in [6.07, 6.45) is -4.32. The van der Waals surface area contributed by atoms with Crippen LogP contribution in [-0.2, 0) is 0 Å². The molecule has 2 atom stereocenters. The topological polar surface area (TPSA) is 38.0 Å². The molecule has 0 spiro atoms. The summed E-state index contributed by atoms with van der Waals surface area (Å²) in [6.45, 7) is 3.58. The number of nitrogens with two attached hydrogens (primary N) is 1. The second-order valence-corrected chi connectivity index (χ2v) is 2.98. The first kappa shape index (κ1) is 11.7. The highest BCUT2D eigenvalue weighted by Gasteiger charge is 2.33. The van der Waals surface area contributed by atoms with Gasteiger partial charge in [0.05, 0.1) is 6.42 Å². The maximum Gasteiger partial charge on any atom is 0.390 e. The van der Waals surface area contributed by atoms with Crippen LogP contribution in [0.15, 0.2) is 0 Å². The summed E-state index contributed by atoms with van der Waals surface area (Å²) in [7, 11) is 0. The molecule has 74 valence electrons. The molecule has 0 radical (unpaired) electrons. The Balaban J connectivity index is 3.99. The maximum atomic E-state index is 11.9. The average molecular weight is 184 g/mol. The lowest BCUT2D eigenvalue weighted by atomic mass is 9.97. The summed E-state index contributed by atoms with van der Waals surface area (Å²) in [5, 5.41) is 0. The third-order valence-electron chi connectivity index (χ3n) is 2.00. The molecule has 0 saturated carbocycles. The van der Waals surface area contributed by atoms with Gasteiger partial charge in [-0.15, -0.1) is 0 Å². The van der Waals surface area contributed by atoms with Gasteiger partial charge in [0, 0.05) is 6.04 Å². The van der Waals surface area contributed by atoms with E-state index in [0.29, 0.717) is 6.42 Å². The van der Waals surface area contributed by atoms with Crippen LogP contribution < -0.4 is 11.3 Å². The molecule has 0 aliphatic carbocycles. The van der Waals surface area contributed by atoms with E-state index < -0.39 is 18.6 Å². The minimum Gasteiger partial charge on any atom is -0.271 e. The molecule has 3 N–H and O–H groups in total. The van der Waals surface area contributed by atoms with E-state index in [1.807, 2.05) is 6.92 Å². The second kappa shape index (κ2) is 4.67. The highest BCUT2D eigenvalue weighted by atomic mass is 19.4. The fourth-order valence-electron chi connectivity index (χ4n) is 0.958. The summed E-state index contributed by atoms with van der Waals surface area (Å²) in [5.74, 6) is 4.95. The number of halogens is 3. The van der Waals surface area contributed by atoms with E-state index in [0.717, 1.165) is 0 Å². The molecule has 0 aliphatic heterocycles. The fourth-order valence-corrected chi connectivity index (χ4v) is 0.958. The lowest BCUT2D eigenvalue weighted by Gasteiger charge is -2.22. The Labute approximate surface area is 70.3 Å². The average Bonchev–Trinajstić information content (AvgIpc) is 1.97. The molecule has 0 amide bonds. The fraction of sp³-hybridized carbons (Fsp3) is 1.00. The van der Waals surface area contributed by atoms with Gasteiger partial charge in [-0.2, -0.15) is 13.2 Å². The zero-order valence-corrected chi connectivity index (χ0v) is 7.28. The minimum atomic E-state index is -4.14. The Hall–Kier alpha value is -0.290. The van der Waals surface area contributed by atoms with E-state index in [1.165, 1.54) is 0 Å². The Kier molecular flexibility index (Phi) is 4.55. The third kappa shape index (κ3) is 4.56. The van der Waals surface area contributed by atoms with E-state index in [1.54, 1.807) is 6.92 Å². The highest BCUT2D eigenvalue weighted by molar-refractivity contribution is 4.73. The van der Waals surface area contributed by atoms with Gasteiger partial charge in [0.25, 0.3) is 0 Å². The van der Waals surface area contributed by atoms with Gasteiger partial charge in [-0.25, -0.2) is 0 Å². The molecule has 0 saturated heterocycles. The lowest BCUT2D eigenvalue weighted by molar-refractivity contribution is -0.142. The van der Waals surface area contributed by atoms with Crippen LogP contribution in [0.3, 0.4) is 0 Å². The van der Waals surface area contributed by atoms with Crippen molar-refractivity contribution in [1.82, 2.24) is 5.43 Å². The van der Waals surface area contributed by atoms with Crippen molar-refractivity contribution in [1.29, 1.82) is 0 Å². The highest BCUT2D eigenvalue weighted by Crippen LogP contribution is 2.25. The van der Waals surface area contributed by atoms with Crippen LogP contribution in [-0.4, -0.2) is 12.2 Å². The number of hydrazine groups is 1. The van der Waals surface area contributed by atoms with E-state index in [4.69, 9.17) is 5.84 Å². The van der Waals surface area contributed by atoms with Crippen LogP contribution in [0.2, 0.25) is 0 Å². The van der Waals surface area contributed by atoms with Crippen molar-refractivity contribution in [2.75, 3.05) is 0 Å². The summed E-state index contributed by atoms with van der Waals surface area (Å²) in [4.78, 5) is 0. The van der Waals surface area contributed by atoms with Crippen molar-refractivity contribution in [3.05, 3.63) is 0 Å². The molecule has 0 aromatic rings. The van der Waals surface area contributed by atoms with Crippen LogP contribution >= 0.6 is 0 Å². The summed E-state index contributed by atoms with van der Waals surface area (Å²) in [6, 6.07) is -0.671. The van der Waals surface area contributed by atoms with Crippen LogP contribution in [0, 0.1) is 5.92 Å². The molecule has 0 heterocycles. The number of alkyl halides is 3. The van der Waals surface area contributed by atoms with Gasteiger partial charge in [-0.3, -0.25) is 11.3 Å². The molecule has 12 heavy (non-hydrogen) atoms. The van der Waals surface area contributed by atoms with Crippen LogP contribution in [0.25, 0.3) is 0 Å². The Bertz CT molecular complexity index is 124. The summed E-state index contributed by atoms with van der Waals surface area (Å²) < 4.78 is 35.7. The standard InChI is InChI=1S/C7H15F3N2/c1-3-5(2)6(12-11)4-7(8,9)10/h5-6,12H,3-4,11H2,1-2H3. The number of nitrogens with one attached hydrogen (secondary N) is 1. The first-order chi connectivity index (χ1) is 5.40. The van der Waals surface area contributed by atoms with Gasteiger partial charge in [0.15, 0.2) is 0 Å². The van der Waals surface area contributed by atoms with Gasteiger partial charge in [-0.1, -0.05) is 20.3 Å². The van der Waals surface area contributed by atoms with E-state index in [-0.39, 0.29) is 5.92 Å². The van der Waals surface area contributed by atoms with Crippen molar-refractivity contribution in [2.45, 2.75) is 38.9 Å². The smallest absolute Gasteiger partial charge is 0.271 e. The molecule has 0 aliphatic rings. The van der Waals surface area contributed by atoms with Gasteiger partial charge in [-0.05, 0) is 5.92 Å². The van der Waals surface area contributed by atoms with Crippen molar-refractivity contribution < 1.29 is 13.2 Å². The SMILES string of the molecule is CCC(C)C(CC(F)(F)F)NN. The largest absolute Gasteiger partial charge is 0.390 e. The van der Waals surface area contributed by atoms with Crippen molar-refractivity contribution in [2.24, 2.45) is 11.8 Å². The van der Waals surface area contributed by atoms with Gasteiger partial charge < -0.3 is 0 Å². The Morgan fingerprint density at radius 1 is 1.42 bits per heavy atom. The number of rotatable bonds is 4. The van der Waals surface area contributed by atoms with Gasteiger partial charge >= 0.3 is 6.18 Å². The minimum absolute atomic E-state index is 0.0587. The van der Waals surface area contributed by atoms with Crippen molar-refractivity contribution in [3.8, 4) is 0 Å². The molecule has 0 bridgehead atoms. The van der Waals surface area contributed by atoms with Crippen LogP contribution in [0.5, 0.6) is 0 Å². The molecular formula is C7H15F3N2. The van der Waals surface area contributed by atoms with Crippen molar-refractivity contribution in [3.63, 3.8) is 0 Å². The molecule has 0 aromatic carbocycles. The second-order valence-electron chi connectivity index (χ2n) is 2.98. The van der Waals surface area contributed by atoms with Crippen LogP contribution in [0.4, 0.5) is 13.2 Å². The zero-order chi connectivity index (χ0) is 9.78. The quantitative estimate of drug-likeness (QED) is 0.516. The maximum absolute atomic E-state index is 11.9. The summed E-state index contributed by atoms with van der Waals surface area (Å²) in [5.41, 5.74) is 2.19. The predicted octanol–water partition coefficient (Wildman–Crippen LogP) is 1.82. The molecule has 2 nitrogen and oxygen atoms in total. The molecule has 0 fully saturated rings. The summed E-state index contributed by atoms with van der Waals surface area (Å²) >= 11 is 0. The first-order valence-electron chi connectivity index (χ1n) is 3.93. The first-order valence-corrected chi connectivity index (χ1v) is 3.93. The molecule has 0 rings (SSSR count). The molecule has 2 unspecified atom stereocenters. The monoisotopic (exact) mass is 184 g/mol.